The fraction of sp³-hybridized carbons (Fsp3) is 0.429. The summed E-state index contributed by atoms with van der Waals surface area (Å²) >= 11 is 0. The molecule has 138 valence electrons. The van der Waals surface area contributed by atoms with Crippen molar-refractivity contribution in [1.29, 1.82) is 0 Å². The molecule has 1 aromatic carbocycles. The molecule has 1 aliphatic heterocycles. The average Bonchev–Trinajstić information content (AvgIpc) is 2.61. The Morgan fingerprint density at radius 3 is 2.38 bits per heavy atom. The van der Waals surface area contributed by atoms with Gasteiger partial charge in [0.15, 0.2) is 0 Å². The third-order valence-corrected chi connectivity index (χ3v) is 4.44. The number of nitrogens with zero attached hydrogens (tertiary/aromatic N) is 3. The van der Waals surface area contributed by atoms with Crippen LogP contribution < -0.4 is 10.2 Å². The Morgan fingerprint density at radius 2 is 1.81 bits per heavy atom. The van der Waals surface area contributed by atoms with Crippen LogP contribution in [0.25, 0.3) is 0 Å². The average molecular weight is 352 g/mol. The first-order valence-electron chi connectivity index (χ1n) is 9.17. The third-order valence-electron chi connectivity index (χ3n) is 4.44. The zero-order chi connectivity index (χ0) is 18.7. The van der Waals surface area contributed by atoms with Crippen molar-refractivity contribution < 1.29 is 4.79 Å². The highest BCUT2D eigenvalue weighted by Crippen LogP contribution is 2.19. The van der Waals surface area contributed by atoms with Crippen LogP contribution in [0.2, 0.25) is 0 Å². The Bertz CT molecular complexity index is 756. The van der Waals surface area contributed by atoms with E-state index in [0.717, 1.165) is 31.9 Å². The first kappa shape index (κ1) is 18.2. The maximum absolute atomic E-state index is 12.7. The van der Waals surface area contributed by atoms with Gasteiger partial charge in [0.2, 0.25) is 0 Å². The SMILES string of the molecule is Cc1cccc(N2CCN(C(=O)c3ccc(NC(C)(C)C)cn3)CC2)c1. The minimum atomic E-state index is -0.0284. The number of pyridine rings is 1. The summed E-state index contributed by atoms with van der Waals surface area (Å²) in [6.45, 7) is 11.5. The van der Waals surface area contributed by atoms with E-state index in [1.54, 1.807) is 6.20 Å². The quantitative estimate of drug-likeness (QED) is 0.917. The molecule has 1 fully saturated rings. The molecule has 2 heterocycles. The van der Waals surface area contributed by atoms with Gasteiger partial charge in [-0.1, -0.05) is 12.1 Å². The first-order chi connectivity index (χ1) is 12.3. The maximum atomic E-state index is 12.7. The third kappa shape index (κ3) is 4.54. The molecule has 3 rings (SSSR count). The first-order valence-corrected chi connectivity index (χ1v) is 9.17. The lowest BCUT2D eigenvalue weighted by molar-refractivity contribution is 0.0741. The van der Waals surface area contributed by atoms with Crippen molar-refractivity contribution in [3.8, 4) is 0 Å². The molecule has 1 aromatic heterocycles. The smallest absolute Gasteiger partial charge is 0.272 e. The molecule has 0 unspecified atom stereocenters. The Labute approximate surface area is 156 Å². The number of amides is 1. The van der Waals surface area contributed by atoms with Crippen molar-refractivity contribution in [3.05, 3.63) is 53.9 Å². The van der Waals surface area contributed by atoms with E-state index >= 15 is 0 Å². The van der Waals surface area contributed by atoms with Crippen LogP contribution >= 0.6 is 0 Å². The Balaban J connectivity index is 1.60. The fourth-order valence-electron chi connectivity index (χ4n) is 3.18. The summed E-state index contributed by atoms with van der Waals surface area (Å²) in [5.41, 5.74) is 3.90. The molecule has 0 radical (unpaired) electrons. The molecule has 26 heavy (non-hydrogen) atoms. The van der Waals surface area contributed by atoms with Crippen LogP contribution in [-0.2, 0) is 0 Å². The largest absolute Gasteiger partial charge is 0.379 e. The van der Waals surface area contributed by atoms with Gasteiger partial charge in [-0.25, -0.2) is 4.98 Å². The molecule has 0 aliphatic carbocycles. The normalized spacial score (nSPS) is 15.1. The van der Waals surface area contributed by atoms with E-state index < -0.39 is 0 Å². The standard InChI is InChI=1S/C21H28N4O/c1-16-6-5-7-18(14-16)24-10-12-25(13-11-24)20(26)19-9-8-17(15-22-19)23-21(2,3)4/h5-9,14-15,23H,10-13H2,1-4H3. The van der Waals surface area contributed by atoms with Crippen molar-refractivity contribution >= 4 is 17.3 Å². The van der Waals surface area contributed by atoms with Crippen LogP contribution in [-0.4, -0.2) is 47.5 Å². The van der Waals surface area contributed by atoms with Gasteiger partial charge < -0.3 is 15.1 Å². The van der Waals surface area contributed by atoms with Gasteiger partial charge in [0.25, 0.3) is 5.91 Å². The Kier molecular flexibility index (Phi) is 5.16. The number of hydrogen-bond donors (Lipinski definition) is 1. The number of benzene rings is 1. The lowest BCUT2D eigenvalue weighted by Crippen LogP contribution is -2.49. The Hall–Kier alpha value is -2.56. The minimum Gasteiger partial charge on any atom is -0.379 e. The van der Waals surface area contributed by atoms with Gasteiger partial charge in [-0.15, -0.1) is 0 Å². The van der Waals surface area contributed by atoms with Crippen LogP contribution in [0, 0.1) is 6.92 Å². The monoisotopic (exact) mass is 352 g/mol. The van der Waals surface area contributed by atoms with Gasteiger partial charge in [-0.3, -0.25) is 4.79 Å². The van der Waals surface area contributed by atoms with Crippen LogP contribution in [0.3, 0.4) is 0 Å². The summed E-state index contributed by atoms with van der Waals surface area (Å²) in [7, 11) is 0. The summed E-state index contributed by atoms with van der Waals surface area (Å²) in [5.74, 6) is 0.0104. The van der Waals surface area contributed by atoms with Crippen molar-refractivity contribution in [2.45, 2.75) is 33.2 Å². The van der Waals surface area contributed by atoms with Crippen molar-refractivity contribution in [1.82, 2.24) is 9.88 Å². The molecular formula is C21H28N4O. The molecule has 5 nitrogen and oxygen atoms in total. The van der Waals surface area contributed by atoms with E-state index in [0.29, 0.717) is 5.69 Å². The number of aryl methyl sites for hydroxylation is 1. The number of carbonyl (C=O) groups excluding carboxylic acids is 1. The van der Waals surface area contributed by atoms with E-state index in [1.807, 2.05) is 17.0 Å². The summed E-state index contributed by atoms with van der Waals surface area (Å²) in [6, 6.07) is 12.2. The maximum Gasteiger partial charge on any atom is 0.272 e. The molecule has 0 atom stereocenters. The lowest BCUT2D eigenvalue weighted by atomic mass is 10.1. The van der Waals surface area contributed by atoms with Gasteiger partial charge in [0.1, 0.15) is 5.69 Å². The highest BCUT2D eigenvalue weighted by molar-refractivity contribution is 5.92. The van der Waals surface area contributed by atoms with E-state index in [-0.39, 0.29) is 11.4 Å². The second-order valence-corrected chi connectivity index (χ2v) is 7.93. The predicted octanol–water partition coefficient (Wildman–Crippen LogP) is 3.56. The highest BCUT2D eigenvalue weighted by atomic mass is 16.2. The van der Waals surface area contributed by atoms with Crippen molar-refractivity contribution in [3.63, 3.8) is 0 Å². The van der Waals surface area contributed by atoms with Gasteiger partial charge >= 0.3 is 0 Å². The Morgan fingerprint density at radius 1 is 1.08 bits per heavy atom. The molecule has 0 saturated carbocycles. The molecule has 0 bridgehead atoms. The number of carbonyl (C=O) groups is 1. The van der Waals surface area contributed by atoms with E-state index in [4.69, 9.17) is 0 Å². The second kappa shape index (κ2) is 7.36. The summed E-state index contributed by atoms with van der Waals surface area (Å²) in [5, 5.41) is 3.36. The molecule has 1 saturated heterocycles. The highest BCUT2D eigenvalue weighted by Gasteiger charge is 2.23. The molecule has 0 spiro atoms. The summed E-state index contributed by atoms with van der Waals surface area (Å²) < 4.78 is 0. The number of nitrogens with one attached hydrogen (secondary N) is 1. The van der Waals surface area contributed by atoms with Gasteiger partial charge in [-0.05, 0) is 57.5 Å². The van der Waals surface area contributed by atoms with Gasteiger partial charge in [0.05, 0.1) is 11.9 Å². The van der Waals surface area contributed by atoms with Crippen LogP contribution in [0.15, 0.2) is 42.6 Å². The molecule has 1 aliphatic rings. The van der Waals surface area contributed by atoms with Crippen molar-refractivity contribution in [2.75, 3.05) is 36.4 Å². The zero-order valence-corrected chi connectivity index (χ0v) is 16.1. The molecule has 2 aromatic rings. The number of aromatic nitrogens is 1. The van der Waals surface area contributed by atoms with Crippen LogP contribution in [0.4, 0.5) is 11.4 Å². The topological polar surface area (TPSA) is 48.5 Å². The molecule has 5 heteroatoms. The number of anilines is 2. The van der Waals surface area contributed by atoms with Gasteiger partial charge in [0, 0.05) is 37.4 Å². The molecular weight excluding hydrogens is 324 g/mol. The zero-order valence-electron chi connectivity index (χ0n) is 16.1. The molecule has 1 N–H and O–H groups in total. The van der Waals surface area contributed by atoms with E-state index in [2.05, 4.69) is 67.2 Å². The van der Waals surface area contributed by atoms with Gasteiger partial charge in [-0.2, -0.15) is 0 Å². The second-order valence-electron chi connectivity index (χ2n) is 7.93. The lowest BCUT2D eigenvalue weighted by Gasteiger charge is -2.36. The van der Waals surface area contributed by atoms with Crippen molar-refractivity contribution in [2.24, 2.45) is 0 Å². The number of hydrogen-bond acceptors (Lipinski definition) is 4. The predicted molar refractivity (Wildman–Crippen MR) is 107 cm³/mol. The minimum absolute atomic E-state index is 0.0104. The fourth-order valence-corrected chi connectivity index (χ4v) is 3.18. The summed E-state index contributed by atoms with van der Waals surface area (Å²) in [6.07, 6.45) is 1.74. The van der Waals surface area contributed by atoms with E-state index in [1.165, 1.54) is 11.3 Å². The number of rotatable bonds is 3. The van der Waals surface area contributed by atoms with Crippen LogP contribution in [0.1, 0.15) is 36.8 Å². The number of piperazine rings is 1. The summed E-state index contributed by atoms with van der Waals surface area (Å²) in [4.78, 5) is 21.3. The van der Waals surface area contributed by atoms with E-state index in [9.17, 15) is 4.79 Å². The van der Waals surface area contributed by atoms with Crippen LogP contribution in [0.5, 0.6) is 0 Å². The molecule has 1 amide bonds.